The first-order chi connectivity index (χ1) is 10.8. The zero-order valence-electron chi connectivity index (χ0n) is 14.6. The molecular formula is C17H27N3O3. The molecule has 1 saturated heterocycles. The number of carbonyl (C=O) groups is 1. The lowest BCUT2D eigenvalue weighted by Gasteiger charge is -2.31. The van der Waals surface area contributed by atoms with Crippen LogP contribution in [-0.2, 0) is 22.4 Å². The second-order valence-corrected chi connectivity index (χ2v) is 7.45. The minimum Gasteiger partial charge on any atom is -0.444 e. The number of fused-ring (bicyclic) bond motifs is 1. The maximum atomic E-state index is 12.3. The monoisotopic (exact) mass is 321 g/mol. The van der Waals surface area contributed by atoms with E-state index in [9.17, 15) is 4.79 Å². The first kappa shape index (κ1) is 16.3. The smallest absolute Gasteiger partial charge is 0.410 e. The quantitative estimate of drug-likeness (QED) is 0.798. The van der Waals surface area contributed by atoms with Crippen LogP contribution in [0.4, 0.5) is 4.79 Å². The van der Waals surface area contributed by atoms with E-state index in [1.165, 1.54) is 11.3 Å². The molecule has 0 atom stereocenters. The fourth-order valence-electron chi connectivity index (χ4n) is 3.33. The van der Waals surface area contributed by atoms with Crippen LogP contribution in [0, 0.1) is 6.92 Å². The number of amides is 1. The molecule has 0 N–H and O–H groups in total. The summed E-state index contributed by atoms with van der Waals surface area (Å²) in [5.74, 6) is 0. The van der Waals surface area contributed by atoms with Crippen LogP contribution < -0.4 is 0 Å². The van der Waals surface area contributed by atoms with Gasteiger partial charge in [0.05, 0.1) is 18.3 Å². The van der Waals surface area contributed by atoms with Crippen molar-refractivity contribution in [3.8, 4) is 0 Å². The van der Waals surface area contributed by atoms with Crippen molar-refractivity contribution in [2.24, 2.45) is 0 Å². The Morgan fingerprint density at radius 2 is 2.00 bits per heavy atom. The van der Waals surface area contributed by atoms with E-state index in [0.29, 0.717) is 19.1 Å². The van der Waals surface area contributed by atoms with Crippen molar-refractivity contribution in [3.63, 3.8) is 0 Å². The highest BCUT2D eigenvalue weighted by Gasteiger charge is 2.31. The summed E-state index contributed by atoms with van der Waals surface area (Å²) in [5, 5.41) is 4.77. The average Bonchev–Trinajstić information content (AvgIpc) is 2.83. The van der Waals surface area contributed by atoms with Gasteiger partial charge in [-0.25, -0.2) is 4.79 Å². The average molecular weight is 321 g/mol. The Kier molecular flexibility index (Phi) is 4.36. The Hall–Kier alpha value is -1.56. The predicted molar refractivity (Wildman–Crippen MR) is 86.4 cm³/mol. The van der Waals surface area contributed by atoms with Crippen molar-refractivity contribution in [2.75, 3.05) is 19.8 Å². The Bertz CT molecular complexity index is 583. The molecule has 6 heteroatoms. The Balaban J connectivity index is 1.76. The summed E-state index contributed by atoms with van der Waals surface area (Å²) in [6, 6.07) is 0.430. The summed E-state index contributed by atoms with van der Waals surface area (Å²) < 4.78 is 13.1. The first-order valence-electron chi connectivity index (χ1n) is 8.47. The number of hydrogen-bond acceptors (Lipinski definition) is 4. The summed E-state index contributed by atoms with van der Waals surface area (Å²) in [4.78, 5) is 14.1. The Morgan fingerprint density at radius 3 is 2.65 bits per heavy atom. The van der Waals surface area contributed by atoms with Crippen LogP contribution in [0.15, 0.2) is 0 Å². The number of nitrogens with zero attached hydrogens (tertiary/aromatic N) is 3. The molecule has 128 valence electrons. The van der Waals surface area contributed by atoms with Crippen molar-refractivity contribution in [1.29, 1.82) is 0 Å². The molecule has 1 aromatic rings. The summed E-state index contributed by atoms with van der Waals surface area (Å²) in [7, 11) is 0. The van der Waals surface area contributed by atoms with Gasteiger partial charge >= 0.3 is 6.09 Å². The molecule has 1 amide bonds. The van der Waals surface area contributed by atoms with E-state index >= 15 is 0 Å². The van der Waals surface area contributed by atoms with E-state index in [2.05, 4.69) is 4.68 Å². The van der Waals surface area contributed by atoms with Gasteiger partial charge in [-0.05, 0) is 40.5 Å². The molecule has 3 rings (SSSR count). The third-order valence-electron chi connectivity index (χ3n) is 4.48. The van der Waals surface area contributed by atoms with Gasteiger partial charge in [0, 0.05) is 37.4 Å². The molecule has 0 bridgehead atoms. The predicted octanol–water partition coefficient (Wildman–Crippen LogP) is 2.84. The van der Waals surface area contributed by atoms with Crippen LogP contribution in [0.2, 0.25) is 0 Å². The molecule has 0 unspecified atom stereocenters. The van der Waals surface area contributed by atoms with Gasteiger partial charge in [0.15, 0.2) is 0 Å². The topological polar surface area (TPSA) is 56.6 Å². The number of hydrogen-bond donors (Lipinski definition) is 0. The zero-order chi connectivity index (χ0) is 16.6. The molecule has 0 aromatic carbocycles. The highest BCUT2D eigenvalue weighted by Crippen LogP contribution is 2.29. The van der Waals surface area contributed by atoms with Gasteiger partial charge in [0.2, 0.25) is 0 Å². The van der Waals surface area contributed by atoms with Crippen molar-refractivity contribution >= 4 is 6.09 Å². The van der Waals surface area contributed by atoms with E-state index in [4.69, 9.17) is 14.6 Å². The zero-order valence-corrected chi connectivity index (χ0v) is 14.6. The highest BCUT2D eigenvalue weighted by molar-refractivity contribution is 5.68. The van der Waals surface area contributed by atoms with Crippen molar-refractivity contribution < 1.29 is 14.3 Å². The molecular weight excluding hydrogens is 294 g/mol. The lowest BCUT2D eigenvalue weighted by atomic mass is 10.0. The van der Waals surface area contributed by atoms with Gasteiger partial charge < -0.3 is 14.4 Å². The fourth-order valence-corrected chi connectivity index (χ4v) is 3.33. The number of aryl methyl sites for hydroxylation is 1. The molecule has 1 fully saturated rings. The van der Waals surface area contributed by atoms with Crippen LogP contribution in [0.1, 0.15) is 56.6 Å². The van der Waals surface area contributed by atoms with Gasteiger partial charge in [-0.15, -0.1) is 0 Å². The summed E-state index contributed by atoms with van der Waals surface area (Å²) in [5.41, 5.74) is 3.04. The Labute approximate surface area is 137 Å². The van der Waals surface area contributed by atoms with Crippen LogP contribution >= 0.6 is 0 Å². The summed E-state index contributed by atoms with van der Waals surface area (Å²) in [6.07, 6.45) is 2.64. The molecule has 0 aliphatic carbocycles. The minimum absolute atomic E-state index is 0.235. The summed E-state index contributed by atoms with van der Waals surface area (Å²) >= 11 is 0. The van der Waals surface area contributed by atoms with Crippen molar-refractivity contribution in [2.45, 2.75) is 65.1 Å². The van der Waals surface area contributed by atoms with Crippen LogP contribution in [0.3, 0.4) is 0 Å². The normalized spacial score (nSPS) is 19.6. The lowest BCUT2D eigenvalue weighted by Crippen LogP contribution is -2.40. The van der Waals surface area contributed by atoms with Gasteiger partial charge in [-0.1, -0.05) is 0 Å². The van der Waals surface area contributed by atoms with Gasteiger partial charge in [-0.3, -0.25) is 4.68 Å². The van der Waals surface area contributed by atoms with Crippen LogP contribution in [0.5, 0.6) is 0 Å². The molecule has 2 aliphatic rings. The summed E-state index contributed by atoms with van der Waals surface area (Å²) in [6.45, 7) is 10.6. The molecule has 1 aromatic heterocycles. The third-order valence-corrected chi connectivity index (χ3v) is 4.48. The van der Waals surface area contributed by atoms with E-state index in [0.717, 1.165) is 38.2 Å². The van der Waals surface area contributed by atoms with E-state index < -0.39 is 5.60 Å². The minimum atomic E-state index is -0.460. The van der Waals surface area contributed by atoms with Crippen molar-refractivity contribution in [3.05, 3.63) is 17.0 Å². The molecule has 3 heterocycles. The van der Waals surface area contributed by atoms with Crippen molar-refractivity contribution in [1.82, 2.24) is 14.7 Å². The molecule has 0 saturated carbocycles. The molecule has 0 spiro atoms. The number of carbonyl (C=O) groups excluding carboxylic acids is 1. The lowest BCUT2D eigenvalue weighted by molar-refractivity contribution is 0.0220. The molecule has 2 aliphatic heterocycles. The number of aromatic nitrogens is 2. The number of ether oxygens (including phenoxy) is 2. The highest BCUT2D eigenvalue weighted by atomic mass is 16.6. The van der Waals surface area contributed by atoms with Crippen LogP contribution in [0.25, 0.3) is 0 Å². The maximum absolute atomic E-state index is 12.3. The second-order valence-electron chi connectivity index (χ2n) is 7.45. The fraction of sp³-hybridized carbons (Fsp3) is 0.765. The van der Waals surface area contributed by atoms with Gasteiger partial charge in [-0.2, -0.15) is 5.10 Å². The largest absolute Gasteiger partial charge is 0.444 e. The molecule has 6 nitrogen and oxygen atoms in total. The SMILES string of the molecule is Cc1nn(C2CCOCC2)c2c1CN(C(=O)OC(C)(C)C)CC2. The van der Waals surface area contributed by atoms with E-state index in [1.54, 1.807) is 4.90 Å². The second kappa shape index (κ2) is 6.15. The third kappa shape index (κ3) is 3.52. The first-order valence-corrected chi connectivity index (χ1v) is 8.47. The molecule has 0 radical (unpaired) electrons. The van der Waals surface area contributed by atoms with Gasteiger partial charge in [0.25, 0.3) is 0 Å². The van der Waals surface area contributed by atoms with Gasteiger partial charge in [0.1, 0.15) is 5.60 Å². The molecule has 23 heavy (non-hydrogen) atoms. The standard InChI is InChI=1S/C17H27N3O3/c1-12-14-11-19(16(21)23-17(2,3)4)8-5-15(14)20(18-12)13-6-9-22-10-7-13/h13H,5-11H2,1-4H3. The van der Waals surface area contributed by atoms with E-state index in [1.807, 2.05) is 27.7 Å². The Morgan fingerprint density at radius 1 is 1.30 bits per heavy atom. The van der Waals surface area contributed by atoms with E-state index in [-0.39, 0.29) is 6.09 Å². The number of rotatable bonds is 1. The maximum Gasteiger partial charge on any atom is 0.410 e. The van der Waals surface area contributed by atoms with Crippen LogP contribution in [-0.4, -0.2) is 46.1 Å².